The van der Waals surface area contributed by atoms with Gasteiger partial charge in [0.15, 0.2) is 11.6 Å². The van der Waals surface area contributed by atoms with E-state index in [1.807, 2.05) is 46.8 Å². The third kappa shape index (κ3) is 3.13. The third-order valence-electron chi connectivity index (χ3n) is 4.59. The highest BCUT2D eigenvalue weighted by Crippen LogP contribution is 2.37. The molecule has 0 spiro atoms. The molecule has 0 aliphatic carbocycles. The van der Waals surface area contributed by atoms with Gasteiger partial charge in [0.25, 0.3) is 0 Å². The topological polar surface area (TPSA) is 79.5 Å². The fourth-order valence-corrected chi connectivity index (χ4v) is 2.92. The van der Waals surface area contributed by atoms with Crippen molar-refractivity contribution < 1.29 is 14.0 Å². The number of rotatable bonds is 4. The summed E-state index contributed by atoms with van der Waals surface area (Å²) in [5, 5.41) is 0. The van der Waals surface area contributed by atoms with Crippen LogP contribution in [0.25, 0.3) is 0 Å². The van der Waals surface area contributed by atoms with Gasteiger partial charge >= 0.3 is 7.12 Å². The standard InChI is InChI=1S/C16H22BN3O3S/c1-10(13-6-7-20-24-13)21-12-8-11(9-19-14(12)18)17-22-15(2,3)16(4,5)23-17/h6-10H,1-5H3,(H2,18,19). The van der Waals surface area contributed by atoms with Crippen LogP contribution in [0.15, 0.2) is 24.5 Å². The summed E-state index contributed by atoms with van der Waals surface area (Å²) < 4.78 is 22.2. The van der Waals surface area contributed by atoms with Crippen molar-refractivity contribution in [3.8, 4) is 5.75 Å². The molecular formula is C16H22BN3O3S. The first-order valence-electron chi connectivity index (χ1n) is 7.88. The minimum atomic E-state index is -0.496. The van der Waals surface area contributed by atoms with Crippen LogP contribution in [-0.2, 0) is 9.31 Å². The quantitative estimate of drug-likeness (QED) is 0.857. The molecule has 0 radical (unpaired) electrons. The van der Waals surface area contributed by atoms with Crippen molar-refractivity contribution in [3.05, 3.63) is 29.4 Å². The second-order valence-electron chi connectivity index (χ2n) is 6.92. The SMILES string of the molecule is CC(Oc1cc(B2OC(C)(C)C(C)(C)O2)cnc1N)c1ccns1. The molecule has 1 fully saturated rings. The summed E-state index contributed by atoms with van der Waals surface area (Å²) in [4.78, 5) is 5.26. The summed E-state index contributed by atoms with van der Waals surface area (Å²) in [6, 6.07) is 3.76. The lowest BCUT2D eigenvalue weighted by molar-refractivity contribution is 0.00578. The molecule has 0 aromatic carbocycles. The summed E-state index contributed by atoms with van der Waals surface area (Å²) in [5.74, 6) is 0.856. The second-order valence-corrected chi connectivity index (χ2v) is 7.78. The van der Waals surface area contributed by atoms with Gasteiger partial charge in [0.1, 0.15) is 6.10 Å². The van der Waals surface area contributed by atoms with E-state index in [4.69, 9.17) is 19.8 Å². The summed E-state index contributed by atoms with van der Waals surface area (Å²) in [6.45, 7) is 10.0. The van der Waals surface area contributed by atoms with E-state index < -0.39 is 18.3 Å². The number of anilines is 1. The van der Waals surface area contributed by atoms with E-state index >= 15 is 0 Å². The predicted molar refractivity (Wildman–Crippen MR) is 95.5 cm³/mol. The first-order valence-corrected chi connectivity index (χ1v) is 8.65. The van der Waals surface area contributed by atoms with Gasteiger partial charge in [-0.1, -0.05) is 0 Å². The van der Waals surface area contributed by atoms with Crippen LogP contribution in [0.5, 0.6) is 5.75 Å². The van der Waals surface area contributed by atoms with Crippen LogP contribution in [-0.4, -0.2) is 27.7 Å². The number of ether oxygens (including phenoxy) is 1. The fraction of sp³-hybridized carbons (Fsp3) is 0.500. The molecule has 128 valence electrons. The van der Waals surface area contributed by atoms with Crippen LogP contribution in [0, 0.1) is 0 Å². The molecule has 2 aromatic heterocycles. The van der Waals surface area contributed by atoms with Crippen LogP contribution < -0.4 is 15.9 Å². The van der Waals surface area contributed by atoms with Gasteiger partial charge in [-0.05, 0) is 58.3 Å². The van der Waals surface area contributed by atoms with Crippen LogP contribution in [0.3, 0.4) is 0 Å². The molecule has 2 aromatic rings. The summed E-state index contributed by atoms with van der Waals surface area (Å²) in [5.41, 5.74) is 5.94. The number of nitrogens with zero attached hydrogens (tertiary/aromatic N) is 2. The minimum Gasteiger partial charge on any atom is -0.481 e. The molecule has 3 rings (SSSR count). The van der Waals surface area contributed by atoms with Gasteiger partial charge in [0.05, 0.1) is 16.1 Å². The molecule has 6 nitrogen and oxygen atoms in total. The van der Waals surface area contributed by atoms with E-state index in [9.17, 15) is 0 Å². The lowest BCUT2D eigenvalue weighted by Gasteiger charge is -2.32. The Balaban J connectivity index is 1.82. The lowest BCUT2D eigenvalue weighted by Crippen LogP contribution is -2.41. The molecular weight excluding hydrogens is 325 g/mol. The smallest absolute Gasteiger partial charge is 0.481 e. The van der Waals surface area contributed by atoms with E-state index in [2.05, 4.69) is 9.36 Å². The second kappa shape index (κ2) is 6.02. The first-order chi connectivity index (χ1) is 11.2. The van der Waals surface area contributed by atoms with Gasteiger partial charge in [-0.3, -0.25) is 0 Å². The minimum absolute atomic E-state index is 0.157. The zero-order valence-corrected chi connectivity index (χ0v) is 15.4. The monoisotopic (exact) mass is 347 g/mol. The van der Waals surface area contributed by atoms with E-state index in [0.29, 0.717) is 11.6 Å². The number of aromatic nitrogens is 2. The maximum Gasteiger partial charge on any atom is 0.496 e. The number of hydrogen-bond acceptors (Lipinski definition) is 7. The average Bonchev–Trinajstić information content (AvgIpc) is 3.08. The molecule has 0 saturated carbocycles. The maximum atomic E-state index is 6.06. The van der Waals surface area contributed by atoms with Crippen molar-refractivity contribution in [2.75, 3.05) is 5.73 Å². The highest BCUT2D eigenvalue weighted by Gasteiger charge is 2.52. The van der Waals surface area contributed by atoms with E-state index in [1.165, 1.54) is 11.5 Å². The molecule has 1 unspecified atom stereocenters. The molecule has 1 atom stereocenters. The Hall–Kier alpha value is -1.64. The van der Waals surface area contributed by atoms with E-state index in [0.717, 1.165) is 10.3 Å². The third-order valence-corrected chi connectivity index (χ3v) is 5.50. The van der Waals surface area contributed by atoms with E-state index in [-0.39, 0.29) is 6.10 Å². The van der Waals surface area contributed by atoms with Crippen molar-refractivity contribution in [3.63, 3.8) is 0 Å². The van der Waals surface area contributed by atoms with Gasteiger partial charge in [0.2, 0.25) is 0 Å². The molecule has 1 saturated heterocycles. The molecule has 0 bridgehead atoms. The zero-order chi connectivity index (χ0) is 17.5. The van der Waals surface area contributed by atoms with Crippen LogP contribution >= 0.6 is 11.5 Å². The van der Waals surface area contributed by atoms with Crippen LogP contribution in [0.2, 0.25) is 0 Å². The van der Waals surface area contributed by atoms with Gasteiger partial charge in [-0.25, -0.2) is 9.36 Å². The highest BCUT2D eigenvalue weighted by molar-refractivity contribution is 7.05. The molecule has 8 heteroatoms. The Morgan fingerprint density at radius 3 is 2.50 bits per heavy atom. The van der Waals surface area contributed by atoms with Crippen molar-refractivity contribution >= 4 is 29.9 Å². The molecule has 0 amide bonds. The number of nitrogens with two attached hydrogens (primary N) is 1. The number of hydrogen-bond donors (Lipinski definition) is 1. The van der Waals surface area contributed by atoms with Gasteiger partial charge in [-0.15, -0.1) is 0 Å². The van der Waals surface area contributed by atoms with E-state index in [1.54, 1.807) is 12.4 Å². The predicted octanol–water partition coefficient (Wildman–Crippen LogP) is 2.56. The van der Waals surface area contributed by atoms with Crippen molar-refractivity contribution in [1.29, 1.82) is 0 Å². The Morgan fingerprint density at radius 1 is 1.25 bits per heavy atom. The molecule has 3 heterocycles. The van der Waals surface area contributed by atoms with Crippen molar-refractivity contribution in [2.24, 2.45) is 0 Å². The lowest BCUT2D eigenvalue weighted by atomic mass is 9.80. The first kappa shape index (κ1) is 17.2. The average molecular weight is 347 g/mol. The Bertz CT molecular complexity index is 705. The van der Waals surface area contributed by atoms with Gasteiger partial charge in [0, 0.05) is 17.9 Å². The highest BCUT2D eigenvalue weighted by atomic mass is 32.1. The molecule has 24 heavy (non-hydrogen) atoms. The Labute approximate surface area is 146 Å². The zero-order valence-electron chi connectivity index (χ0n) is 14.6. The van der Waals surface area contributed by atoms with Crippen molar-refractivity contribution in [1.82, 2.24) is 9.36 Å². The normalized spacial score (nSPS) is 20.1. The fourth-order valence-electron chi connectivity index (χ4n) is 2.36. The number of nitrogen functional groups attached to an aromatic ring is 1. The van der Waals surface area contributed by atoms with Crippen LogP contribution in [0.1, 0.15) is 45.6 Å². The van der Waals surface area contributed by atoms with Crippen molar-refractivity contribution in [2.45, 2.75) is 51.9 Å². The Kier molecular flexibility index (Phi) is 4.31. The largest absolute Gasteiger partial charge is 0.496 e. The van der Waals surface area contributed by atoms with Gasteiger partial charge < -0.3 is 19.8 Å². The summed E-state index contributed by atoms with van der Waals surface area (Å²) >= 11 is 1.40. The molecule has 2 N–H and O–H groups in total. The Morgan fingerprint density at radius 2 is 1.92 bits per heavy atom. The van der Waals surface area contributed by atoms with Gasteiger partial charge in [-0.2, -0.15) is 0 Å². The van der Waals surface area contributed by atoms with Crippen LogP contribution in [0.4, 0.5) is 5.82 Å². The number of pyridine rings is 1. The molecule has 1 aliphatic rings. The molecule has 1 aliphatic heterocycles. The maximum absolute atomic E-state index is 6.06. The summed E-state index contributed by atoms with van der Waals surface area (Å²) in [7, 11) is -0.496. The summed E-state index contributed by atoms with van der Waals surface area (Å²) in [6.07, 6.45) is 3.26.